The first-order valence-electron chi connectivity index (χ1n) is 8.59. The number of aromatic nitrogens is 2. The van der Waals surface area contributed by atoms with Gasteiger partial charge in [0.05, 0.1) is 0 Å². The predicted molar refractivity (Wildman–Crippen MR) is 104 cm³/mol. The number of rotatable bonds is 4. The van der Waals surface area contributed by atoms with Gasteiger partial charge >= 0.3 is 0 Å². The fourth-order valence-electron chi connectivity index (χ4n) is 3.14. The highest BCUT2D eigenvalue weighted by Crippen LogP contribution is 2.37. The summed E-state index contributed by atoms with van der Waals surface area (Å²) in [4.78, 5) is 26.9. The fourth-order valence-corrected chi connectivity index (χ4v) is 3.14. The summed E-state index contributed by atoms with van der Waals surface area (Å²) in [6.45, 7) is 0. The Labute approximate surface area is 163 Å². The molecule has 4 aromatic rings. The molecule has 2 aromatic heterocycles. The fraction of sp³-hybridized carbons (Fsp3) is 0.0476. The molecule has 1 amide bonds. The lowest BCUT2D eigenvalue weighted by Crippen LogP contribution is -2.16. The lowest BCUT2D eigenvalue weighted by atomic mass is 10.00. The van der Waals surface area contributed by atoms with Crippen molar-refractivity contribution in [1.82, 2.24) is 9.55 Å². The largest absolute Gasteiger partial charge is 0.454 e. The van der Waals surface area contributed by atoms with E-state index in [9.17, 15) is 18.4 Å². The van der Waals surface area contributed by atoms with Gasteiger partial charge in [0.2, 0.25) is 5.91 Å². The Morgan fingerprint density at radius 2 is 1.83 bits per heavy atom. The molecule has 8 heteroatoms. The Morgan fingerprint density at radius 1 is 1.07 bits per heavy atom. The maximum Gasteiger partial charge on any atom is 0.274 e. The zero-order valence-electron chi connectivity index (χ0n) is 15.2. The zero-order valence-corrected chi connectivity index (χ0v) is 15.2. The normalized spacial score (nSPS) is 11.0. The van der Waals surface area contributed by atoms with Crippen molar-refractivity contribution in [1.29, 1.82) is 0 Å². The molecule has 0 radical (unpaired) electrons. The number of carbonyl (C=O) groups is 1. The highest BCUT2D eigenvalue weighted by Gasteiger charge is 2.17. The third-order valence-corrected chi connectivity index (χ3v) is 4.56. The summed E-state index contributed by atoms with van der Waals surface area (Å²) in [7, 11) is 1.59. The van der Waals surface area contributed by atoms with E-state index in [1.165, 1.54) is 28.8 Å². The number of benzene rings is 2. The standard InChI is InChI=1S/C21H15F2N3O3/c1-26-10-15(13-6-7-25-19(13)21(26)28)14-8-11(20(24)27)2-4-17(14)29-18-5-3-12(22)9-16(18)23/h2-10,25H,1H3,(H2,24,27). The van der Waals surface area contributed by atoms with Gasteiger partial charge in [-0.1, -0.05) is 0 Å². The quantitative estimate of drug-likeness (QED) is 0.552. The van der Waals surface area contributed by atoms with Crippen LogP contribution in [0.3, 0.4) is 0 Å². The molecular formula is C21H15F2N3O3. The monoisotopic (exact) mass is 395 g/mol. The van der Waals surface area contributed by atoms with Crippen LogP contribution in [0.5, 0.6) is 11.5 Å². The molecule has 0 aliphatic carbocycles. The second-order valence-corrected chi connectivity index (χ2v) is 6.48. The molecule has 0 saturated heterocycles. The maximum atomic E-state index is 14.1. The summed E-state index contributed by atoms with van der Waals surface area (Å²) >= 11 is 0. The van der Waals surface area contributed by atoms with E-state index >= 15 is 0 Å². The van der Waals surface area contributed by atoms with Crippen molar-refractivity contribution < 1.29 is 18.3 Å². The Balaban J connectivity index is 1.96. The van der Waals surface area contributed by atoms with E-state index in [1.54, 1.807) is 25.5 Å². The van der Waals surface area contributed by atoms with Crippen LogP contribution in [-0.2, 0) is 7.05 Å². The van der Waals surface area contributed by atoms with E-state index in [0.717, 1.165) is 6.07 Å². The van der Waals surface area contributed by atoms with Gasteiger partial charge in [0.15, 0.2) is 11.6 Å². The van der Waals surface area contributed by atoms with Crippen LogP contribution in [0.1, 0.15) is 10.4 Å². The average Bonchev–Trinajstić information content (AvgIpc) is 3.17. The van der Waals surface area contributed by atoms with Crippen LogP contribution in [0, 0.1) is 11.6 Å². The smallest absolute Gasteiger partial charge is 0.274 e. The molecule has 0 unspecified atom stereocenters. The number of hydrogen-bond acceptors (Lipinski definition) is 3. The second-order valence-electron chi connectivity index (χ2n) is 6.48. The Morgan fingerprint density at radius 3 is 2.55 bits per heavy atom. The van der Waals surface area contributed by atoms with Gasteiger partial charge in [0.25, 0.3) is 5.56 Å². The van der Waals surface area contributed by atoms with Crippen molar-refractivity contribution in [2.45, 2.75) is 0 Å². The molecule has 0 saturated carbocycles. The molecule has 29 heavy (non-hydrogen) atoms. The summed E-state index contributed by atoms with van der Waals surface area (Å²) in [5, 5.41) is 0.596. The first kappa shape index (κ1) is 18.4. The molecule has 0 aliphatic heterocycles. The van der Waals surface area contributed by atoms with E-state index in [2.05, 4.69) is 4.98 Å². The topological polar surface area (TPSA) is 90.1 Å². The first-order valence-corrected chi connectivity index (χ1v) is 8.59. The first-order chi connectivity index (χ1) is 13.8. The Kier molecular flexibility index (Phi) is 4.38. The minimum atomic E-state index is -0.873. The number of carbonyl (C=O) groups excluding carboxylic acids is 1. The van der Waals surface area contributed by atoms with Crippen LogP contribution in [0.15, 0.2) is 59.7 Å². The van der Waals surface area contributed by atoms with Crippen LogP contribution < -0.4 is 16.0 Å². The van der Waals surface area contributed by atoms with Crippen LogP contribution in [0.25, 0.3) is 22.0 Å². The van der Waals surface area contributed by atoms with Gasteiger partial charge in [0, 0.05) is 47.6 Å². The minimum Gasteiger partial charge on any atom is -0.454 e. The molecule has 0 aliphatic rings. The van der Waals surface area contributed by atoms with Crippen molar-refractivity contribution in [2.24, 2.45) is 12.8 Å². The van der Waals surface area contributed by atoms with Crippen LogP contribution >= 0.6 is 0 Å². The number of primary amides is 1. The summed E-state index contributed by atoms with van der Waals surface area (Å²) in [6, 6.07) is 9.09. The summed E-state index contributed by atoms with van der Waals surface area (Å²) in [6.07, 6.45) is 3.21. The SMILES string of the molecule is Cn1cc(-c2cc(C(N)=O)ccc2Oc2ccc(F)cc2F)c2cc[nH]c2c1=O. The number of fused-ring (bicyclic) bond motifs is 1. The van der Waals surface area contributed by atoms with E-state index in [0.29, 0.717) is 28.1 Å². The maximum absolute atomic E-state index is 14.1. The number of halogens is 2. The molecule has 2 aromatic carbocycles. The summed E-state index contributed by atoms with van der Waals surface area (Å²) in [5.74, 6) is -2.23. The van der Waals surface area contributed by atoms with Gasteiger partial charge in [-0.15, -0.1) is 0 Å². The Hall–Kier alpha value is -3.94. The molecule has 0 atom stereocenters. The van der Waals surface area contributed by atoms with Crippen molar-refractivity contribution in [3.05, 3.63) is 82.4 Å². The number of nitrogens with two attached hydrogens (primary N) is 1. The van der Waals surface area contributed by atoms with Gasteiger partial charge in [-0.3, -0.25) is 9.59 Å². The molecule has 6 nitrogen and oxygen atoms in total. The number of nitrogens with one attached hydrogen (secondary N) is 1. The lowest BCUT2D eigenvalue weighted by molar-refractivity contribution is 0.100. The van der Waals surface area contributed by atoms with Crippen molar-refractivity contribution in [3.8, 4) is 22.6 Å². The van der Waals surface area contributed by atoms with Crippen LogP contribution in [-0.4, -0.2) is 15.5 Å². The van der Waals surface area contributed by atoms with Crippen LogP contribution in [0.2, 0.25) is 0 Å². The zero-order chi connectivity index (χ0) is 20.7. The molecule has 4 rings (SSSR count). The number of aryl methyl sites for hydroxylation is 1. The number of amides is 1. The average molecular weight is 395 g/mol. The number of aromatic amines is 1. The predicted octanol–water partition coefficient (Wildman–Crippen LogP) is 3.70. The van der Waals surface area contributed by atoms with E-state index < -0.39 is 17.5 Å². The highest BCUT2D eigenvalue weighted by atomic mass is 19.1. The summed E-state index contributed by atoms with van der Waals surface area (Å²) < 4.78 is 34.4. The van der Waals surface area contributed by atoms with Gasteiger partial charge in [-0.25, -0.2) is 8.78 Å². The third-order valence-electron chi connectivity index (χ3n) is 4.56. The van der Waals surface area contributed by atoms with E-state index in [1.807, 2.05) is 0 Å². The van der Waals surface area contributed by atoms with Gasteiger partial charge < -0.3 is 20.0 Å². The molecule has 0 spiro atoms. The van der Waals surface area contributed by atoms with Crippen LogP contribution in [0.4, 0.5) is 8.78 Å². The number of H-pyrrole nitrogens is 1. The minimum absolute atomic E-state index is 0.186. The van der Waals surface area contributed by atoms with E-state index in [4.69, 9.17) is 10.5 Å². The second kappa shape index (κ2) is 6.90. The van der Waals surface area contributed by atoms with Gasteiger partial charge in [-0.2, -0.15) is 0 Å². The number of hydrogen-bond donors (Lipinski definition) is 2. The van der Waals surface area contributed by atoms with Crippen molar-refractivity contribution >= 4 is 16.8 Å². The molecule has 146 valence electrons. The molecular weight excluding hydrogens is 380 g/mol. The highest BCUT2D eigenvalue weighted by molar-refractivity contribution is 5.99. The molecule has 3 N–H and O–H groups in total. The lowest BCUT2D eigenvalue weighted by Gasteiger charge is -2.15. The van der Waals surface area contributed by atoms with Gasteiger partial charge in [-0.05, 0) is 36.4 Å². The summed E-state index contributed by atoms with van der Waals surface area (Å²) in [5.41, 5.74) is 6.75. The van der Waals surface area contributed by atoms with Crippen molar-refractivity contribution in [3.63, 3.8) is 0 Å². The molecule has 0 bridgehead atoms. The Bertz CT molecular complexity index is 1320. The number of ether oxygens (including phenoxy) is 1. The third kappa shape index (κ3) is 3.25. The van der Waals surface area contributed by atoms with E-state index in [-0.39, 0.29) is 22.6 Å². The van der Waals surface area contributed by atoms with Crippen molar-refractivity contribution in [2.75, 3.05) is 0 Å². The molecule has 0 fully saturated rings. The molecule has 2 heterocycles. The van der Waals surface area contributed by atoms with Gasteiger partial charge in [0.1, 0.15) is 17.1 Å². The number of nitrogens with zero attached hydrogens (tertiary/aromatic N) is 1. The number of pyridine rings is 1.